The second-order valence-electron chi connectivity index (χ2n) is 3.88. The van der Waals surface area contributed by atoms with Gasteiger partial charge >= 0.3 is 5.97 Å². The van der Waals surface area contributed by atoms with Crippen LogP contribution in [0.5, 0.6) is 0 Å². The van der Waals surface area contributed by atoms with Gasteiger partial charge in [0.1, 0.15) is 6.04 Å². The topological polar surface area (TPSA) is 66.4 Å². The normalized spacial score (nSPS) is 14.3. The lowest BCUT2D eigenvalue weighted by atomic mass is 10.0. The first-order valence-electron chi connectivity index (χ1n) is 5.56. The average molecular weight is 215 g/mol. The molecular formula is C11H21NO3. The van der Waals surface area contributed by atoms with E-state index >= 15 is 0 Å². The maximum Gasteiger partial charge on any atom is 0.326 e. The summed E-state index contributed by atoms with van der Waals surface area (Å²) in [5.74, 6) is -1.21. The van der Waals surface area contributed by atoms with Gasteiger partial charge in [-0.05, 0) is 12.8 Å². The Bertz CT molecular complexity index is 216. The maximum atomic E-state index is 11.5. The lowest BCUT2D eigenvalue weighted by molar-refractivity contribution is -0.142. The Morgan fingerprint density at radius 3 is 2.13 bits per heavy atom. The number of carboxylic acids is 1. The standard InChI is InChI=1S/C11H21NO3/c1-4-6-8(3)10(13)12-9(7-5-2)11(14)15/h8-9H,4-7H2,1-3H3,(H,12,13)(H,14,15)/t8-,9+/m1/s1. The average Bonchev–Trinajstić information content (AvgIpc) is 2.17. The number of amides is 1. The van der Waals surface area contributed by atoms with Crippen molar-refractivity contribution in [3.63, 3.8) is 0 Å². The lowest BCUT2D eigenvalue weighted by Crippen LogP contribution is -2.43. The van der Waals surface area contributed by atoms with Gasteiger partial charge < -0.3 is 10.4 Å². The summed E-state index contributed by atoms with van der Waals surface area (Å²) in [5.41, 5.74) is 0. The molecule has 0 aromatic rings. The van der Waals surface area contributed by atoms with Gasteiger partial charge in [0.2, 0.25) is 5.91 Å². The smallest absolute Gasteiger partial charge is 0.326 e. The zero-order chi connectivity index (χ0) is 11.8. The van der Waals surface area contributed by atoms with Crippen LogP contribution in [0.1, 0.15) is 46.5 Å². The van der Waals surface area contributed by atoms with Crippen LogP contribution in [0.25, 0.3) is 0 Å². The number of hydrogen-bond acceptors (Lipinski definition) is 2. The van der Waals surface area contributed by atoms with Crippen molar-refractivity contribution < 1.29 is 14.7 Å². The van der Waals surface area contributed by atoms with Gasteiger partial charge in [0, 0.05) is 5.92 Å². The van der Waals surface area contributed by atoms with Gasteiger partial charge in [0.15, 0.2) is 0 Å². The van der Waals surface area contributed by atoms with Crippen molar-refractivity contribution in [2.24, 2.45) is 5.92 Å². The van der Waals surface area contributed by atoms with Gasteiger partial charge in [-0.1, -0.05) is 33.6 Å². The second kappa shape index (κ2) is 7.26. The van der Waals surface area contributed by atoms with Crippen molar-refractivity contribution in [2.75, 3.05) is 0 Å². The highest BCUT2D eigenvalue weighted by molar-refractivity contribution is 5.84. The summed E-state index contributed by atoms with van der Waals surface area (Å²) in [6, 6.07) is -0.734. The van der Waals surface area contributed by atoms with Crippen LogP contribution in [0.3, 0.4) is 0 Å². The third-order valence-electron chi connectivity index (χ3n) is 2.36. The van der Waals surface area contributed by atoms with E-state index in [9.17, 15) is 9.59 Å². The van der Waals surface area contributed by atoms with E-state index in [1.807, 2.05) is 20.8 Å². The summed E-state index contributed by atoms with van der Waals surface area (Å²) >= 11 is 0. The first-order valence-corrected chi connectivity index (χ1v) is 5.56. The van der Waals surface area contributed by atoms with Gasteiger partial charge in [-0.25, -0.2) is 4.79 Å². The fourth-order valence-electron chi connectivity index (χ4n) is 1.42. The Morgan fingerprint density at radius 1 is 1.20 bits per heavy atom. The molecule has 0 fully saturated rings. The van der Waals surface area contributed by atoms with Crippen molar-refractivity contribution in [3.8, 4) is 0 Å². The van der Waals surface area contributed by atoms with E-state index in [0.717, 1.165) is 19.3 Å². The first kappa shape index (κ1) is 13.9. The van der Waals surface area contributed by atoms with Gasteiger partial charge in [-0.2, -0.15) is 0 Å². The minimum absolute atomic E-state index is 0.103. The summed E-state index contributed by atoms with van der Waals surface area (Å²) in [6.07, 6.45) is 2.96. The highest BCUT2D eigenvalue weighted by Crippen LogP contribution is 2.06. The Hall–Kier alpha value is -1.06. The van der Waals surface area contributed by atoms with E-state index < -0.39 is 12.0 Å². The van der Waals surface area contributed by atoms with Crippen molar-refractivity contribution >= 4 is 11.9 Å². The summed E-state index contributed by atoms with van der Waals surface area (Å²) in [6.45, 7) is 5.73. The molecule has 0 radical (unpaired) electrons. The number of aliphatic carboxylic acids is 1. The number of carbonyl (C=O) groups excluding carboxylic acids is 1. The van der Waals surface area contributed by atoms with Gasteiger partial charge in [-0.15, -0.1) is 0 Å². The van der Waals surface area contributed by atoms with E-state index in [2.05, 4.69) is 5.32 Å². The molecule has 88 valence electrons. The molecule has 4 heteroatoms. The molecule has 0 saturated carbocycles. The Balaban J connectivity index is 4.15. The molecule has 0 unspecified atom stereocenters. The van der Waals surface area contributed by atoms with Crippen molar-refractivity contribution in [2.45, 2.75) is 52.5 Å². The Labute approximate surface area is 91.1 Å². The molecule has 0 aromatic carbocycles. The minimum Gasteiger partial charge on any atom is -0.480 e. The van der Waals surface area contributed by atoms with Crippen LogP contribution in [-0.4, -0.2) is 23.0 Å². The predicted octanol–water partition coefficient (Wildman–Crippen LogP) is 1.79. The molecule has 0 aliphatic rings. The number of hydrogen-bond donors (Lipinski definition) is 2. The highest BCUT2D eigenvalue weighted by Gasteiger charge is 2.21. The van der Waals surface area contributed by atoms with Crippen molar-refractivity contribution in [1.29, 1.82) is 0 Å². The van der Waals surface area contributed by atoms with Crippen LogP contribution in [0.15, 0.2) is 0 Å². The number of nitrogens with one attached hydrogen (secondary N) is 1. The molecule has 0 heterocycles. The molecule has 4 nitrogen and oxygen atoms in total. The molecular weight excluding hydrogens is 194 g/mol. The van der Waals surface area contributed by atoms with E-state index in [1.165, 1.54) is 0 Å². The fraction of sp³-hybridized carbons (Fsp3) is 0.818. The van der Waals surface area contributed by atoms with Crippen LogP contribution in [0.2, 0.25) is 0 Å². The maximum absolute atomic E-state index is 11.5. The van der Waals surface area contributed by atoms with Crippen LogP contribution >= 0.6 is 0 Å². The number of carboxylic acid groups (broad SMARTS) is 1. The zero-order valence-corrected chi connectivity index (χ0v) is 9.75. The van der Waals surface area contributed by atoms with E-state index in [1.54, 1.807) is 0 Å². The van der Waals surface area contributed by atoms with E-state index in [-0.39, 0.29) is 11.8 Å². The van der Waals surface area contributed by atoms with Crippen LogP contribution in [0.4, 0.5) is 0 Å². The Kier molecular flexibility index (Phi) is 6.75. The van der Waals surface area contributed by atoms with E-state index in [0.29, 0.717) is 6.42 Å². The highest BCUT2D eigenvalue weighted by atomic mass is 16.4. The molecule has 2 N–H and O–H groups in total. The summed E-state index contributed by atoms with van der Waals surface area (Å²) in [7, 11) is 0. The van der Waals surface area contributed by atoms with E-state index in [4.69, 9.17) is 5.11 Å². The van der Waals surface area contributed by atoms with Gasteiger partial charge in [0.05, 0.1) is 0 Å². The fourth-order valence-corrected chi connectivity index (χ4v) is 1.42. The SMILES string of the molecule is CCC[C@@H](C)C(=O)N[C@@H](CCC)C(=O)O. The Morgan fingerprint density at radius 2 is 1.73 bits per heavy atom. The van der Waals surface area contributed by atoms with Crippen LogP contribution in [-0.2, 0) is 9.59 Å². The number of rotatable bonds is 7. The van der Waals surface area contributed by atoms with Crippen LogP contribution in [0, 0.1) is 5.92 Å². The molecule has 0 bridgehead atoms. The largest absolute Gasteiger partial charge is 0.480 e. The quantitative estimate of drug-likeness (QED) is 0.680. The molecule has 0 saturated heterocycles. The predicted molar refractivity (Wildman–Crippen MR) is 58.5 cm³/mol. The molecule has 0 aliphatic heterocycles. The first-order chi connectivity index (χ1) is 7.02. The molecule has 2 atom stereocenters. The molecule has 0 rings (SSSR count). The van der Waals surface area contributed by atoms with Crippen molar-refractivity contribution in [1.82, 2.24) is 5.32 Å². The van der Waals surface area contributed by atoms with Gasteiger partial charge in [-0.3, -0.25) is 4.79 Å². The summed E-state index contributed by atoms with van der Waals surface area (Å²) in [5, 5.41) is 11.4. The zero-order valence-electron chi connectivity index (χ0n) is 9.75. The second-order valence-corrected chi connectivity index (χ2v) is 3.88. The molecule has 15 heavy (non-hydrogen) atoms. The number of carbonyl (C=O) groups is 2. The molecule has 0 aromatic heterocycles. The molecule has 0 spiro atoms. The monoisotopic (exact) mass is 215 g/mol. The molecule has 1 amide bonds. The van der Waals surface area contributed by atoms with Crippen molar-refractivity contribution in [3.05, 3.63) is 0 Å². The third kappa shape index (κ3) is 5.40. The molecule has 0 aliphatic carbocycles. The lowest BCUT2D eigenvalue weighted by Gasteiger charge is -2.16. The summed E-state index contributed by atoms with van der Waals surface area (Å²) < 4.78 is 0. The van der Waals surface area contributed by atoms with Crippen LogP contribution < -0.4 is 5.32 Å². The van der Waals surface area contributed by atoms with Gasteiger partial charge in [0.25, 0.3) is 0 Å². The minimum atomic E-state index is -0.950. The summed E-state index contributed by atoms with van der Waals surface area (Å²) in [4.78, 5) is 22.3. The third-order valence-corrected chi connectivity index (χ3v) is 2.36.